The minimum Gasteiger partial charge on any atom is -0.448 e. The molecule has 2 fully saturated rings. The van der Waals surface area contributed by atoms with Crippen LogP contribution in [0.3, 0.4) is 0 Å². The molecule has 0 saturated carbocycles. The van der Waals surface area contributed by atoms with Crippen LogP contribution in [0.25, 0.3) is 11.1 Å². The molecule has 3 aliphatic rings. The van der Waals surface area contributed by atoms with Crippen LogP contribution in [-0.2, 0) is 14.3 Å². The molecule has 30 heavy (non-hydrogen) atoms. The normalized spacial score (nSPS) is 24.8. The number of Topliss-reactive ketones (excluding diaryl/α,β-unsaturated/α-hetero) is 1. The van der Waals surface area contributed by atoms with E-state index in [1.54, 1.807) is 0 Å². The maximum atomic E-state index is 13.1. The number of piperidine rings is 1. The molecule has 156 valence electrons. The van der Waals surface area contributed by atoms with Crippen LogP contribution in [-0.4, -0.2) is 48.7 Å². The topological polar surface area (TPSA) is 55.8 Å². The second kappa shape index (κ2) is 7.88. The first-order valence-corrected chi connectivity index (χ1v) is 10.9. The number of hydrogen-bond donors (Lipinski definition) is 0. The molecule has 5 nitrogen and oxygen atoms in total. The van der Waals surface area contributed by atoms with Gasteiger partial charge in [-0.25, -0.2) is 4.79 Å². The number of fused-ring (bicyclic) bond motifs is 5. The molecule has 5 rings (SSSR count). The first-order valence-electron chi connectivity index (χ1n) is 10.9. The highest BCUT2D eigenvalue weighted by Crippen LogP contribution is 2.44. The van der Waals surface area contributed by atoms with Gasteiger partial charge < -0.3 is 9.47 Å². The van der Waals surface area contributed by atoms with Gasteiger partial charge in [0.2, 0.25) is 0 Å². The zero-order valence-corrected chi connectivity index (χ0v) is 17.3. The fourth-order valence-electron chi connectivity index (χ4n) is 5.43. The summed E-state index contributed by atoms with van der Waals surface area (Å²) in [5, 5.41) is 0. The summed E-state index contributed by atoms with van der Waals surface area (Å²) < 4.78 is 11.6. The van der Waals surface area contributed by atoms with Crippen molar-refractivity contribution in [1.29, 1.82) is 0 Å². The Morgan fingerprint density at radius 3 is 2.10 bits per heavy atom. The van der Waals surface area contributed by atoms with E-state index < -0.39 is 0 Å². The van der Waals surface area contributed by atoms with Gasteiger partial charge in [0.05, 0.1) is 25.3 Å². The fraction of sp³-hybridized carbons (Fsp3) is 0.440. The molecule has 2 bridgehead atoms. The third-order valence-electron chi connectivity index (χ3n) is 6.87. The predicted molar refractivity (Wildman–Crippen MR) is 113 cm³/mol. The quantitative estimate of drug-likeness (QED) is 0.757. The van der Waals surface area contributed by atoms with Crippen molar-refractivity contribution >= 4 is 11.9 Å². The maximum Gasteiger partial charge on any atom is 0.410 e. The van der Waals surface area contributed by atoms with Crippen molar-refractivity contribution < 1.29 is 19.1 Å². The van der Waals surface area contributed by atoms with Crippen LogP contribution in [0.1, 0.15) is 43.2 Å². The molecule has 2 atom stereocenters. The summed E-state index contributed by atoms with van der Waals surface area (Å²) >= 11 is 0. The minimum atomic E-state index is -0.280. The summed E-state index contributed by atoms with van der Waals surface area (Å²) in [6.45, 7) is 3.19. The minimum absolute atomic E-state index is 0.0338. The maximum absolute atomic E-state index is 13.1. The molecule has 0 spiro atoms. The smallest absolute Gasteiger partial charge is 0.410 e. The predicted octanol–water partition coefficient (Wildman–Crippen LogP) is 4.39. The number of ether oxygens (including phenoxy) is 2. The summed E-state index contributed by atoms with van der Waals surface area (Å²) in [6.07, 6.45) is 1.62. The summed E-state index contributed by atoms with van der Waals surface area (Å²) in [5.41, 5.74) is 4.86. The number of rotatable bonds is 4. The standard InChI is InChI=1S/C25H27NO4/c1-2-24(27)16-11-17-13-29-14-18(12-16)26(17)25(28)30-15-23-21-9-5-3-7-19(21)20-8-4-6-10-22(20)23/h3-10,16-18,23H,2,11-15H2,1H3. The van der Waals surface area contributed by atoms with Crippen LogP contribution in [0.5, 0.6) is 0 Å². The van der Waals surface area contributed by atoms with Gasteiger partial charge in [0.25, 0.3) is 0 Å². The molecule has 2 saturated heterocycles. The van der Waals surface area contributed by atoms with Gasteiger partial charge in [0.1, 0.15) is 12.4 Å². The lowest BCUT2D eigenvalue weighted by Gasteiger charge is -2.47. The number of nitrogens with zero attached hydrogens (tertiary/aromatic N) is 1. The van der Waals surface area contributed by atoms with Crippen molar-refractivity contribution in [3.63, 3.8) is 0 Å². The number of amides is 1. The molecule has 0 aromatic heterocycles. The average molecular weight is 405 g/mol. The van der Waals surface area contributed by atoms with E-state index in [4.69, 9.17) is 9.47 Å². The SMILES string of the molecule is CCC(=O)C1CC2COCC(C1)N2C(=O)OCC1c2ccccc2-c2ccccc21. The summed E-state index contributed by atoms with van der Waals surface area (Å²) in [4.78, 5) is 27.2. The Morgan fingerprint density at radius 2 is 1.53 bits per heavy atom. The van der Waals surface area contributed by atoms with E-state index in [2.05, 4.69) is 24.3 Å². The molecule has 2 aromatic rings. The van der Waals surface area contributed by atoms with E-state index in [9.17, 15) is 9.59 Å². The highest BCUT2D eigenvalue weighted by Gasteiger charge is 2.44. The Kier molecular flexibility index (Phi) is 5.07. The van der Waals surface area contributed by atoms with Crippen molar-refractivity contribution in [1.82, 2.24) is 4.90 Å². The van der Waals surface area contributed by atoms with Gasteiger partial charge in [-0.1, -0.05) is 55.5 Å². The number of hydrogen-bond acceptors (Lipinski definition) is 4. The van der Waals surface area contributed by atoms with E-state index in [1.807, 2.05) is 36.1 Å². The van der Waals surface area contributed by atoms with Gasteiger partial charge in [-0.2, -0.15) is 0 Å². The van der Waals surface area contributed by atoms with Crippen LogP contribution in [0.4, 0.5) is 4.79 Å². The zero-order chi connectivity index (χ0) is 20.7. The first-order chi connectivity index (χ1) is 14.7. The largest absolute Gasteiger partial charge is 0.448 e. The van der Waals surface area contributed by atoms with E-state index >= 15 is 0 Å². The van der Waals surface area contributed by atoms with Gasteiger partial charge in [0, 0.05) is 18.3 Å². The molecule has 0 radical (unpaired) electrons. The van der Waals surface area contributed by atoms with E-state index in [0.29, 0.717) is 44.9 Å². The number of benzene rings is 2. The molecule has 1 amide bonds. The summed E-state index contributed by atoms with van der Waals surface area (Å²) in [5.74, 6) is 0.377. The molecule has 0 N–H and O–H groups in total. The van der Waals surface area contributed by atoms with Crippen LogP contribution in [0, 0.1) is 5.92 Å². The molecule has 1 aliphatic carbocycles. The lowest BCUT2D eigenvalue weighted by atomic mass is 9.82. The molecule has 2 unspecified atom stereocenters. The van der Waals surface area contributed by atoms with E-state index in [-0.39, 0.29) is 30.0 Å². The van der Waals surface area contributed by atoms with Gasteiger partial charge in [-0.05, 0) is 35.1 Å². The second-order valence-corrected chi connectivity index (χ2v) is 8.54. The van der Waals surface area contributed by atoms with Crippen LogP contribution < -0.4 is 0 Å². The van der Waals surface area contributed by atoms with Gasteiger partial charge in [-0.15, -0.1) is 0 Å². The van der Waals surface area contributed by atoms with Gasteiger partial charge in [0.15, 0.2) is 0 Å². The van der Waals surface area contributed by atoms with Crippen molar-refractivity contribution in [3.05, 3.63) is 59.7 Å². The second-order valence-electron chi connectivity index (χ2n) is 8.54. The van der Waals surface area contributed by atoms with Gasteiger partial charge >= 0.3 is 6.09 Å². The average Bonchev–Trinajstić information content (AvgIpc) is 3.10. The summed E-state index contributed by atoms with van der Waals surface area (Å²) in [7, 11) is 0. The van der Waals surface area contributed by atoms with Crippen LogP contribution >= 0.6 is 0 Å². The Balaban J connectivity index is 1.32. The molecule has 2 aliphatic heterocycles. The first kappa shape index (κ1) is 19.3. The Morgan fingerprint density at radius 1 is 0.967 bits per heavy atom. The molecule has 5 heteroatoms. The van der Waals surface area contributed by atoms with Crippen molar-refractivity contribution in [2.75, 3.05) is 19.8 Å². The van der Waals surface area contributed by atoms with Crippen LogP contribution in [0.2, 0.25) is 0 Å². The molecule has 2 aromatic carbocycles. The Bertz CT molecular complexity index is 912. The highest BCUT2D eigenvalue weighted by atomic mass is 16.6. The van der Waals surface area contributed by atoms with Crippen molar-refractivity contribution in [2.45, 2.75) is 44.2 Å². The number of morpholine rings is 1. The molecular weight excluding hydrogens is 378 g/mol. The Labute approximate surface area is 177 Å². The lowest BCUT2D eigenvalue weighted by Crippen LogP contribution is -2.60. The number of ketones is 1. The van der Waals surface area contributed by atoms with Crippen LogP contribution in [0.15, 0.2) is 48.5 Å². The number of carbonyl (C=O) groups is 2. The monoisotopic (exact) mass is 405 g/mol. The van der Waals surface area contributed by atoms with E-state index in [1.165, 1.54) is 22.3 Å². The van der Waals surface area contributed by atoms with Crippen molar-refractivity contribution in [3.8, 4) is 11.1 Å². The lowest BCUT2D eigenvalue weighted by molar-refractivity contribution is -0.130. The Hall–Kier alpha value is -2.66. The fourth-order valence-corrected chi connectivity index (χ4v) is 5.43. The van der Waals surface area contributed by atoms with Crippen molar-refractivity contribution in [2.24, 2.45) is 5.92 Å². The highest BCUT2D eigenvalue weighted by molar-refractivity contribution is 5.81. The zero-order valence-electron chi connectivity index (χ0n) is 17.3. The van der Waals surface area contributed by atoms with Gasteiger partial charge in [-0.3, -0.25) is 9.69 Å². The third-order valence-corrected chi connectivity index (χ3v) is 6.87. The summed E-state index contributed by atoms with van der Waals surface area (Å²) in [6, 6.07) is 16.5. The molecule has 2 heterocycles. The van der Waals surface area contributed by atoms with E-state index in [0.717, 1.165) is 0 Å². The number of carbonyl (C=O) groups excluding carboxylic acids is 2. The third kappa shape index (κ3) is 3.21. The molecular formula is C25H27NO4.